The minimum Gasteiger partial charge on any atom is -0.465 e. The molecule has 7 heteroatoms. The van der Waals surface area contributed by atoms with Crippen LogP contribution in [0.4, 0.5) is 11.5 Å². The molecule has 1 amide bonds. The van der Waals surface area contributed by atoms with E-state index in [-0.39, 0.29) is 5.69 Å². The third kappa shape index (κ3) is 4.70. The highest BCUT2D eigenvalue weighted by Crippen LogP contribution is 2.13. The van der Waals surface area contributed by atoms with E-state index in [2.05, 4.69) is 25.3 Å². The summed E-state index contributed by atoms with van der Waals surface area (Å²) in [6.07, 6.45) is 2.91. The topological polar surface area (TPSA) is 93.2 Å². The van der Waals surface area contributed by atoms with Crippen LogP contribution >= 0.6 is 0 Å². The van der Waals surface area contributed by atoms with Gasteiger partial charge in [0.25, 0.3) is 5.91 Å². The van der Waals surface area contributed by atoms with E-state index in [9.17, 15) is 9.59 Å². The molecule has 0 saturated carbocycles. The molecule has 0 fully saturated rings. The van der Waals surface area contributed by atoms with E-state index in [0.29, 0.717) is 23.6 Å². The molecule has 0 aliphatic carbocycles. The normalized spacial score (nSPS) is 10.2. The molecule has 0 aliphatic rings. The molecule has 2 aromatic carbocycles. The molecule has 28 heavy (non-hydrogen) atoms. The average molecular weight is 376 g/mol. The largest absolute Gasteiger partial charge is 0.465 e. The predicted octanol–water partition coefficient (Wildman–Crippen LogP) is 3.44. The lowest BCUT2D eigenvalue weighted by molar-refractivity contribution is 0.0600. The van der Waals surface area contributed by atoms with Crippen LogP contribution in [0.1, 0.15) is 32.0 Å². The second-order valence-electron chi connectivity index (χ2n) is 6.09. The van der Waals surface area contributed by atoms with Crippen LogP contribution in [0.5, 0.6) is 0 Å². The number of hydrogen-bond acceptors (Lipinski definition) is 6. The number of nitrogens with zero attached hydrogens (tertiary/aromatic N) is 2. The van der Waals surface area contributed by atoms with Gasteiger partial charge in [-0.2, -0.15) is 0 Å². The number of carbonyl (C=O) groups is 2. The van der Waals surface area contributed by atoms with Crippen molar-refractivity contribution in [2.24, 2.45) is 0 Å². The maximum atomic E-state index is 12.3. The number of ether oxygens (including phenoxy) is 1. The van der Waals surface area contributed by atoms with Crippen LogP contribution in [0.25, 0.3) is 0 Å². The first kappa shape index (κ1) is 19.0. The number of anilines is 2. The Morgan fingerprint density at radius 1 is 1.04 bits per heavy atom. The van der Waals surface area contributed by atoms with E-state index >= 15 is 0 Å². The zero-order valence-electron chi connectivity index (χ0n) is 15.6. The van der Waals surface area contributed by atoms with Crippen molar-refractivity contribution in [1.29, 1.82) is 0 Å². The molecule has 0 aliphatic heterocycles. The van der Waals surface area contributed by atoms with E-state index in [1.807, 2.05) is 31.2 Å². The Kier molecular flexibility index (Phi) is 5.96. The highest BCUT2D eigenvalue weighted by atomic mass is 16.5. The number of aromatic nitrogens is 2. The molecule has 3 rings (SSSR count). The van der Waals surface area contributed by atoms with Crippen molar-refractivity contribution >= 4 is 23.4 Å². The van der Waals surface area contributed by atoms with Gasteiger partial charge in [0.05, 0.1) is 25.1 Å². The molecular formula is C21H20N4O3. The first-order chi connectivity index (χ1) is 13.6. The molecule has 142 valence electrons. The maximum Gasteiger partial charge on any atom is 0.337 e. The van der Waals surface area contributed by atoms with Crippen molar-refractivity contribution in [3.05, 3.63) is 83.3 Å². The molecule has 3 aromatic rings. The van der Waals surface area contributed by atoms with Gasteiger partial charge in [-0.05, 0) is 36.2 Å². The zero-order chi connectivity index (χ0) is 19.9. The van der Waals surface area contributed by atoms with Gasteiger partial charge in [-0.3, -0.25) is 4.79 Å². The van der Waals surface area contributed by atoms with Gasteiger partial charge in [0.2, 0.25) is 0 Å². The number of esters is 1. The molecule has 2 N–H and O–H groups in total. The van der Waals surface area contributed by atoms with Crippen LogP contribution in [-0.4, -0.2) is 29.0 Å². The van der Waals surface area contributed by atoms with Crippen molar-refractivity contribution in [2.45, 2.75) is 13.5 Å². The van der Waals surface area contributed by atoms with Crippen LogP contribution in [0.2, 0.25) is 0 Å². The van der Waals surface area contributed by atoms with Crippen molar-refractivity contribution in [3.63, 3.8) is 0 Å². The molecule has 1 heterocycles. The van der Waals surface area contributed by atoms with Crippen LogP contribution in [-0.2, 0) is 11.3 Å². The highest BCUT2D eigenvalue weighted by Gasteiger charge is 2.11. The van der Waals surface area contributed by atoms with E-state index < -0.39 is 11.9 Å². The van der Waals surface area contributed by atoms with Crippen LogP contribution in [0, 0.1) is 6.92 Å². The summed E-state index contributed by atoms with van der Waals surface area (Å²) in [7, 11) is 1.30. The minimum absolute atomic E-state index is 0.171. The van der Waals surface area contributed by atoms with Gasteiger partial charge in [-0.25, -0.2) is 14.8 Å². The number of amides is 1. The Morgan fingerprint density at radius 2 is 1.86 bits per heavy atom. The van der Waals surface area contributed by atoms with Crippen molar-refractivity contribution in [2.75, 3.05) is 17.7 Å². The van der Waals surface area contributed by atoms with E-state index in [0.717, 1.165) is 5.56 Å². The summed E-state index contributed by atoms with van der Waals surface area (Å²) in [5, 5.41) is 5.88. The fraction of sp³-hybridized carbons (Fsp3) is 0.143. The summed E-state index contributed by atoms with van der Waals surface area (Å²) in [6, 6.07) is 14.5. The Balaban J connectivity index is 1.62. The Morgan fingerprint density at radius 3 is 2.57 bits per heavy atom. The predicted molar refractivity (Wildman–Crippen MR) is 106 cm³/mol. The number of hydrogen-bond donors (Lipinski definition) is 2. The fourth-order valence-corrected chi connectivity index (χ4v) is 2.57. The highest BCUT2D eigenvalue weighted by molar-refractivity contribution is 6.03. The Bertz CT molecular complexity index is 987. The lowest BCUT2D eigenvalue weighted by Gasteiger charge is -2.09. The standard InChI is InChI=1S/C21H20N4O3/c1-14-6-3-4-7-16(14)11-23-19-13-22-18(12-24-19)20(26)25-17-9-5-8-15(10-17)21(27)28-2/h3-10,12-13H,11H2,1-2H3,(H,23,24)(H,25,26). The van der Waals surface area contributed by atoms with Crippen molar-refractivity contribution in [3.8, 4) is 0 Å². The number of methoxy groups -OCH3 is 1. The molecular weight excluding hydrogens is 356 g/mol. The van der Waals surface area contributed by atoms with Crippen LogP contribution in [0.3, 0.4) is 0 Å². The Hall–Kier alpha value is -3.74. The van der Waals surface area contributed by atoms with E-state index in [1.165, 1.54) is 31.1 Å². The van der Waals surface area contributed by atoms with Crippen molar-refractivity contribution in [1.82, 2.24) is 9.97 Å². The molecule has 1 aromatic heterocycles. The third-order valence-corrected chi connectivity index (χ3v) is 4.15. The summed E-state index contributed by atoms with van der Waals surface area (Å²) >= 11 is 0. The summed E-state index contributed by atoms with van der Waals surface area (Å²) < 4.78 is 4.68. The number of rotatable bonds is 6. The van der Waals surface area contributed by atoms with Crippen molar-refractivity contribution < 1.29 is 14.3 Å². The molecule has 0 radical (unpaired) electrons. The van der Waals surface area contributed by atoms with Crippen LogP contribution in [0.15, 0.2) is 60.9 Å². The van der Waals surface area contributed by atoms with E-state index in [1.54, 1.807) is 18.2 Å². The van der Waals surface area contributed by atoms with Gasteiger partial charge >= 0.3 is 5.97 Å². The number of carbonyl (C=O) groups excluding carboxylic acids is 2. The summed E-state index contributed by atoms with van der Waals surface area (Å²) in [5.41, 5.74) is 3.34. The molecule has 0 saturated heterocycles. The summed E-state index contributed by atoms with van der Waals surface area (Å²) in [5.74, 6) is -0.313. The molecule has 0 unspecified atom stereocenters. The van der Waals surface area contributed by atoms with Gasteiger partial charge in [-0.1, -0.05) is 30.3 Å². The maximum absolute atomic E-state index is 12.3. The lowest BCUT2D eigenvalue weighted by Crippen LogP contribution is -2.15. The smallest absolute Gasteiger partial charge is 0.337 e. The number of nitrogens with one attached hydrogen (secondary N) is 2. The van der Waals surface area contributed by atoms with Gasteiger partial charge < -0.3 is 15.4 Å². The molecule has 7 nitrogen and oxygen atoms in total. The zero-order valence-corrected chi connectivity index (χ0v) is 15.6. The van der Waals surface area contributed by atoms with Gasteiger partial charge in [-0.15, -0.1) is 0 Å². The Labute approximate surface area is 162 Å². The average Bonchev–Trinajstić information content (AvgIpc) is 2.73. The monoisotopic (exact) mass is 376 g/mol. The first-order valence-corrected chi connectivity index (χ1v) is 8.67. The van der Waals surface area contributed by atoms with Crippen LogP contribution < -0.4 is 10.6 Å². The van der Waals surface area contributed by atoms with E-state index in [4.69, 9.17) is 0 Å². The number of benzene rings is 2. The van der Waals surface area contributed by atoms with Gasteiger partial charge in [0.15, 0.2) is 0 Å². The minimum atomic E-state index is -0.472. The third-order valence-electron chi connectivity index (χ3n) is 4.15. The fourth-order valence-electron chi connectivity index (χ4n) is 2.57. The quantitative estimate of drug-likeness (QED) is 0.640. The number of aryl methyl sites for hydroxylation is 1. The second-order valence-corrected chi connectivity index (χ2v) is 6.09. The van der Waals surface area contributed by atoms with Gasteiger partial charge in [0.1, 0.15) is 11.5 Å². The SMILES string of the molecule is COC(=O)c1cccc(NC(=O)c2cnc(NCc3ccccc3C)cn2)c1. The molecule has 0 spiro atoms. The first-order valence-electron chi connectivity index (χ1n) is 8.67. The summed E-state index contributed by atoms with van der Waals surface area (Å²) in [6.45, 7) is 2.67. The molecule has 0 bridgehead atoms. The second kappa shape index (κ2) is 8.77. The molecule has 0 atom stereocenters. The summed E-state index contributed by atoms with van der Waals surface area (Å²) in [4.78, 5) is 32.3. The van der Waals surface area contributed by atoms with Gasteiger partial charge in [0, 0.05) is 12.2 Å². The lowest BCUT2D eigenvalue weighted by atomic mass is 10.1.